The lowest BCUT2D eigenvalue weighted by Gasteiger charge is -2.32. The van der Waals surface area contributed by atoms with Gasteiger partial charge in [-0.2, -0.15) is 0 Å². The molecule has 2 aliphatic carbocycles. The predicted molar refractivity (Wildman–Crippen MR) is 88.1 cm³/mol. The topological polar surface area (TPSA) is 69.6 Å². The van der Waals surface area contributed by atoms with Gasteiger partial charge >= 0.3 is 5.97 Å². The van der Waals surface area contributed by atoms with Crippen LogP contribution >= 0.6 is 0 Å². The van der Waals surface area contributed by atoms with Crippen molar-refractivity contribution in [3.63, 3.8) is 0 Å². The number of aliphatic carboxylic acids is 1. The van der Waals surface area contributed by atoms with Crippen LogP contribution in [0, 0.1) is 11.8 Å². The molecule has 5 heteroatoms. The molecule has 0 aromatic heterocycles. The molecule has 3 aliphatic rings. The van der Waals surface area contributed by atoms with Gasteiger partial charge in [0.15, 0.2) is 0 Å². The van der Waals surface area contributed by atoms with E-state index < -0.39 is 12.0 Å². The van der Waals surface area contributed by atoms with Crippen LogP contribution in [0.5, 0.6) is 0 Å². The molecule has 3 atom stereocenters. The number of nitrogens with zero attached hydrogens (tertiary/aromatic N) is 1. The van der Waals surface area contributed by atoms with Gasteiger partial charge in [0.1, 0.15) is 6.04 Å². The van der Waals surface area contributed by atoms with Crippen LogP contribution < -0.4 is 5.32 Å². The van der Waals surface area contributed by atoms with Crippen LogP contribution in [-0.4, -0.2) is 47.1 Å². The molecule has 2 saturated carbocycles. The van der Waals surface area contributed by atoms with Crippen molar-refractivity contribution in [2.45, 2.75) is 76.3 Å². The van der Waals surface area contributed by atoms with Crippen molar-refractivity contribution in [1.29, 1.82) is 0 Å². The van der Waals surface area contributed by atoms with Crippen LogP contribution in [0.25, 0.3) is 0 Å². The number of carboxylic acids is 1. The summed E-state index contributed by atoms with van der Waals surface area (Å²) < 4.78 is 0. The van der Waals surface area contributed by atoms with Gasteiger partial charge in [-0.1, -0.05) is 32.1 Å². The summed E-state index contributed by atoms with van der Waals surface area (Å²) in [6, 6.07) is -0.172. The van der Waals surface area contributed by atoms with E-state index in [-0.39, 0.29) is 12.5 Å². The Morgan fingerprint density at radius 1 is 1.00 bits per heavy atom. The summed E-state index contributed by atoms with van der Waals surface area (Å²) in [5.41, 5.74) is 0. The molecule has 5 nitrogen and oxygen atoms in total. The van der Waals surface area contributed by atoms with Crippen molar-refractivity contribution in [1.82, 2.24) is 10.2 Å². The van der Waals surface area contributed by atoms with E-state index in [1.165, 1.54) is 38.5 Å². The van der Waals surface area contributed by atoms with Crippen LogP contribution in [0.4, 0.5) is 0 Å². The summed E-state index contributed by atoms with van der Waals surface area (Å²) in [5.74, 6) is 0.326. The van der Waals surface area contributed by atoms with Gasteiger partial charge in [-0.05, 0) is 43.9 Å². The first kappa shape index (κ1) is 16.7. The highest BCUT2D eigenvalue weighted by Crippen LogP contribution is 2.39. The van der Waals surface area contributed by atoms with E-state index in [9.17, 15) is 14.7 Å². The molecule has 1 saturated heterocycles. The molecule has 1 amide bonds. The Morgan fingerprint density at radius 3 is 2.43 bits per heavy atom. The number of carboxylic acid groups (broad SMARTS) is 1. The summed E-state index contributed by atoms with van der Waals surface area (Å²) in [6.07, 6.45) is 11.5. The molecule has 23 heavy (non-hydrogen) atoms. The van der Waals surface area contributed by atoms with E-state index in [1.807, 2.05) is 4.90 Å². The minimum Gasteiger partial charge on any atom is -0.480 e. The number of fused-ring (bicyclic) bond motifs is 1. The lowest BCUT2D eigenvalue weighted by Crippen LogP contribution is -2.48. The number of rotatable bonds is 5. The number of amides is 1. The maximum absolute atomic E-state index is 12.3. The Balaban J connectivity index is 1.53. The quantitative estimate of drug-likeness (QED) is 0.815. The maximum atomic E-state index is 12.3. The molecular weight excluding hydrogens is 292 g/mol. The molecule has 0 aromatic carbocycles. The third-order valence-electron chi connectivity index (χ3n) is 6.15. The highest BCUT2D eigenvalue weighted by molar-refractivity contribution is 5.80. The zero-order chi connectivity index (χ0) is 16.2. The highest BCUT2D eigenvalue weighted by atomic mass is 16.4. The van der Waals surface area contributed by atoms with E-state index in [0.29, 0.717) is 17.9 Å². The zero-order valence-electron chi connectivity index (χ0n) is 14.0. The predicted octanol–water partition coefficient (Wildman–Crippen LogP) is 2.40. The summed E-state index contributed by atoms with van der Waals surface area (Å²) in [4.78, 5) is 25.9. The van der Waals surface area contributed by atoms with Crippen molar-refractivity contribution in [3.05, 3.63) is 0 Å². The van der Waals surface area contributed by atoms with E-state index >= 15 is 0 Å². The lowest BCUT2D eigenvalue weighted by atomic mass is 9.85. The molecule has 1 heterocycles. The fraction of sp³-hybridized carbons (Fsp3) is 0.889. The molecule has 3 unspecified atom stereocenters. The smallest absolute Gasteiger partial charge is 0.320 e. The maximum Gasteiger partial charge on any atom is 0.320 e. The SMILES string of the molecule is O=C(CN1C(C(=O)O)CC2CCCCC21)NCC1CCCCC1. The average Bonchev–Trinajstić information content (AvgIpc) is 2.93. The Bertz CT molecular complexity index is 434. The summed E-state index contributed by atoms with van der Waals surface area (Å²) in [6.45, 7) is 1.02. The van der Waals surface area contributed by atoms with Crippen LogP contribution in [0.15, 0.2) is 0 Å². The number of hydrogen-bond acceptors (Lipinski definition) is 3. The Labute approximate surface area is 138 Å². The summed E-state index contributed by atoms with van der Waals surface area (Å²) in [5, 5.41) is 12.6. The molecule has 0 spiro atoms. The van der Waals surface area contributed by atoms with Crippen molar-refractivity contribution < 1.29 is 14.7 Å². The summed E-state index contributed by atoms with van der Waals surface area (Å²) >= 11 is 0. The van der Waals surface area contributed by atoms with Gasteiger partial charge in [-0.25, -0.2) is 0 Å². The molecular formula is C18H30N2O3. The first-order chi connectivity index (χ1) is 11.1. The normalized spacial score (nSPS) is 32.4. The fourth-order valence-electron chi connectivity index (χ4n) is 4.89. The Morgan fingerprint density at radius 2 is 1.70 bits per heavy atom. The van der Waals surface area contributed by atoms with Gasteiger partial charge in [-0.15, -0.1) is 0 Å². The van der Waals surface area contributed by atoms with Gasteiger partial charge in [0.25, 0.3) is 0 Å². The van der Waals surface area contributed by atoms with Gasteiger partial charge in [0, 0.05) is 12.6 Å². The molecule has 0 radical (unpaired) electrons. The van der Waals surface area contributed by atoms with Crippen molar-refractivity contribution in [3.8, 4) is 0 Å². The van der Waals surface area contributed by atoms with Crippen LogP contribution in [0.3, 0.4) is 0 Å². The van der Waals surface area contributed by atoms with Gasteiger partial charge < -0.3 is 10.4 Å². The minimum absolute atomic E-state index is 0.00745. The third-order valence-corrected chi connectivity index (χ3v) is 6.15. The largest absolute Gasteiger partial charge is 0.480 e. The summed E-state index contributed by atoms with van der Waals surface area (Å²) in [7, 11) is 0. The lowest BCUT2D eigenvalue weighted by molar-refractivity contribution is -0.143. The van der Waals surface area contributed by atoms with Crippen LogP contribution in [0.2, 0.25) is 0 Å². The second-order valence-corrected chi connectivity index (χ2v) is 7.68. The van der Waals surface area contributed by atoms with Crippen molar-refractivity contribution in [2.24, 2.45) is 11.8 Å². The third kappa shape index (κ3) is 4.06. The number of nitrogens with one attached hydrogen (secondary N) is 1. The number of carbonyl (C=O) groups excluding carboxylic acids is 1. The Hall–Kier alpha value is -1.10. The number of carbonyl (C=O) groups is 2. The molecule has 130 valence electrons. The first-order valence-corrected chi connectivity index (χ1v) is 9.40. The second kappa shape index (κ2) is 7.65. The fourth-order valence-corrected chi connectivity index (χ4v) is 4.89. The van der Waals surface area contributed by atoms with E-state index in [4.69, 9.17) is 0 Å². The number of likely N-dealkylation sites (tertiary alicyclic amines) is 1. The number of hydrogen-bond donors (Lipinski definition) is 2. The molecule has 0 aromatic rings. The standard InChI is InChI=1S/C18H30N2O3/c21-17(19-11-13-6-2-1-3-7-13)12-20-15-9-5-4-8-14(15)10-16(20)18(22)23/h13-16H,1-12H2,(H,19,21)(H,22,23). The zero-order valence-corrected chi connectivity index (χ0v) is 14.0. The molecule has 3 fully saturated rings. The van der Waals surface area contributed by atoms with Crippen LogP contribution in [-0.2, 0) is 9.59 Å². The molecule has 0 bridgehead atoms. The van der Waals surface area contributed by atoms with Crippen molar-refractivity contribution >= 4 is 11.9 Å². The van der Waals surface area contributed by atoms with Crippen LogP contribution in [0.1, 0.15) is 64.2 Å². The minimum atomic E-state index is -0.764. The van der Waals surface area contributed by atoms with Gasteiger partial charge in [-0.3, -0.25) is 14.5 Å². The van der Waals surface area contributed by atoms with E-state index in [0.717, 1.165) is 32.2 Å². The van der Waals surface area contributed by atoms with E-state index in [1.54, 1.807) is 0 Å². The highest BCUT2D eigenvalue weighted by Gasteiger charge is 2.45. The second-order valence-electron chi connectivity index (χ2n) is 7.68. The van der Waals surface area contributed by atoms with Crippen molar-refractivity contribution in [2.75, 3.05) is 13.1 Å². The van der Waals surface area contributed by atoms with Gasteiger partial charge in [0.05, 0.1) is 6.54 Å². The molecule has 3 rings (SSSR count). The average molecular weight is 322 g/mol. The first-order valence-electron chi connectivity index (χ1n) is 9.40. The van der Waals surface area contributed by atoms with Gasteiger partial charge in [0.2, 0.25) is 5.91 Å². The monoisotopic (exact) mass is 322 g/mol. The Kier molecular flexibility index (Phi) is 5.57. The van der Waals surface area contributed by atoms with E-state index in [2.05, 4.69) is 5.32 Å². The molecule has 1 aliphatic heterocycles. The molecule has 2 N–H and O–H groups in total.